The molecule has 2 aromatic carbocycles. The van der Waals surface area contributed by atoms with Gasteiger partial charge < -0.3 is 23.7 Å². The normalized spacial score (nSPS) is 11.5. The van der Waals surface area contributed by atoms with E-state index in [0.717, 1.165) is 0 Å². The fourth-order valence-corrected chi connectivity index (χ4v) is 4.42. The summed E-state index contributed by atoms with van der Waals surface area (Å²) in [5, 5.41) is 0.363. The minimum Gasteiger partial charge on any atom is -0.463 e. The van der Waals surface area contributed by atoms with Crippen LogP contribution >= 0.6 is 0 Å². The minimum absolute atomic E-state index is 0.00221. The number of carbonyl (C=O) groups is 2. The maximum atomic E-state index is 13.2. The number of ether oxygens (including phenoxy) is 2. The molecule has 198 valence electrons. The molecule has 0 saturated heterocycles. The van der Waals surface area contributed by atoms with Crippen LogP contribution in [0.3, 0.4) is 0 Å². The van der Waals surface area contributed by atoms with Crippen molar-refractivity contribution in [1.29, 1.82) is 0 Å². The van der Waals surface area contributed by atoms with E-state index in [2.05, 4.69) is 0 Å². The van der Waals surface area contributed by atoms with Crippen LogP contribution in [-0.4, -0.2) is 46.2 Å². The highest BCUT2D eigenvalue weighted by atomic mass is 16.6. The summed E-state index contributed by atoms with van der Waals surface area (Å²) in [5.74, 6) is 0.677. The Bertz CT molecular complexity index is 1290. The first-order chi connectivity index (χ1) is 17.4. The van der Waals surface area contributed by atoms with Gasteiger partial charge in [-0.25, -0.2) is 9.59 Å². The maximum Gasteiger partial charge on any atom is 0.415 e. The third-order valence-corrected chi connectivity index (χ3v) is 5.97. The molecule has 37 heavy (non-hydrogen) atoms. The van der Waals surface area contributed by atoms with Gasteiger partial charge in [0.2, 0.25) is 0 Å². The van der Waals surface area contributed by atoms with E-state index in [4.69, 9.17) is 13.9 Å². The van der Waals surface area contributed by atoms with Crippen LogP contribution in [0, 0.1) is 0 Å². The minimum atomic E-state index is -0.464. The Labute approximate surface area is 217 Å². The van der Waals surface area contributed by atoms with E-state index in [1.165, 1.54) is 12.3 Å². The van der Waals surface area contributed by atoms with Gasteiger partial charge >= 0.3 is 12.2 Å². The first-order valence-electron chi connectivity index (χ1n) is 12.6. The van der Waals surface area contributed by atoms with Crippen LogP contribution < -0.4 is 14.9 Å². The number of nitrogens with zero attached hydrogens (tertiary/aromatic N) is 2. The Kier molecular flexibility index (Phi) is 8.63. The fraction of sp³-hybridized carbons (Fsp3) is 0.414. The van der Waals surface area contributed by atoms with Crippen LogP contribution in [0.15, 0.2) is 57.9 Å². The molecule has 0 radical (unpaired) electrons. The van der Waals surface area contributed by atoms with Gasteiger partial charge in [-0.1, -0.05) is 12.1 Å². The lowest BCUT2D eigenvalue weighted by molar-refractivity contribution is 0.121. The second-order valence-electron chi connectivity index (χ2n) is 10.1. The number of amides is 2. The number of hydrogen-bond acceptors (Lipinski definition) is 6. The van der Waals surface area contributed by atoms with E-state index in [9.17, 15) is 14.4 Å². The third-order valence-electron chi connectivity index (χ3n) is 5.97. The van der Waals surface area contributed by atoms with Crippen molar-refractivity contribution in [2.75, 3.05) is 0 Å². The van der Waals surface area contributed by atoms with Crippen LogP contribution in [0.4, 0.5) is 9.59 Å². The molecule has 1 heterocycles. The Morgan fingerprint density at radius 2 is 1.16 bits per heavy atom. The molecule has 8 heteroatoms. The van der Waals surface area contributed by atoms with Gasteiger partial charge in [-0.05, 0) is 85.2 Å². The number of carbonyl (C=O) groups excluding carboxylic acids is 2. The topological polar surface area (TPSA) is 89.3 Å². The Balaban J connectivity index is 1.81. The van der Waals surface area contributed by atoms with Crippen molar-refractivity contribution in [2.45, 2.75) is 79.6 Å². The van der Waals surface area contributed by atoms with Crippen LogP contribution in [0.5, 0.6) is 11.5 Å². The van der Waals surface area contributed by atoms with Crippen molar-refractivity contribution >= 4 is 23.2 Å². The summed E-state index contributed by atoms with van der Waals surface area (Å²) < 4.78 is 16.8. The van der Waals surface area contributed by atoms with Gasteiger partial charge in [-0.2, -0.15) is 0 Å². The Hall–Kier alpha value is -3.81. The zero-order valence-electron chi connectivity index (χ0n) is 22.8. The fourth-order valence-electron chi connectivity index (χ4n) is 4.42. The Morgan fingerprint density at radius 3 is 1.65 bits per heavy atom. The highest BCUT2D eigenvalue weighted by Crippen LogP contribution is 2.26. The van der Waals surface area contributed by atoms with Gasteiger partial charge in [0.15, 0.2) is 5.43 Å². The molecule has 3 rings (SSSR count). The van der Waals surface area contributed by atoms with Crippen LogP contribution in [0.25, 0.3) is 22.1 Å². The maximum absolute atomic E-state index is 13.2. The van der Waals surface area contributed by atoms with E-state index in [1.807, 2.05) is 55.4 Å². The van der Waals surface area contributed by atoms with E-state index < -0.39 is 12.2 Å². The zero-order chi connectivity index (χ0) is 27.4. The SMILES string of the molecule is CC(C)N(C(=O)Oc1ccc(-c2coc3cc(OC(=O)N(C(C)C)C(C)C)ccc3c2=O)cc1)C(C)C. The molecule has 0 atom stereocenters. The molecule has 0 aliphatic carbocycles. The van der Waals surface area contributed by atoms with Gasteiger partial charge in [-0.15, -0.1) is 0 Å². The van der Waals surface area contributed by atoms with Crippen molar-refractivity contribution in [3.05, 3.63) is 59.0 Å². The molecule has 0 saturated carbocycles. The summed E-state index contributed by atoms with van der Waals surface area (Å²) in [6, 6.07) is 11.4. The summed E-state index contributed by atoms with van der Waals surface area (Å²) in [7, 11) is 0. The summed E-state index contributed by atoms with van der Waals surface area (Å²) >= 11 is 0. The number of benzene rings is 2. The van der Waals surface area contributed by atoms with Crippen molar-refractivity contribution in [1.82, 2.24) is 9.80 Å². The highest BCUT2D eigenvalue weighted by Gasteiger charge is 2.23. The van der Waals surface area contributed by atoms with Gasteiger partial charge in [0.05, 0.1) is 10.9 Å². The molecule has 0 unspecified atom stereocenters. The lowest BCUT2D eigenvalue weighted by Crippen LogP contribution is -2.43. The molecule has 0 aliphatic rings. The summed E-state index contributed by atoms with van der Waals surface area (Å²) in [6.45, 7) is 15.4. The van der Waals surface area contributed by atoms with Crippen molar-refractivity contribution in [3.8, 4) is 22.6 Å². The monoisotopic (exact) mass is 508 g/mol. The van der Waals surface area contributed by atoms with E-state index in [1.54, 1.807) is 46.2 Å². The molecule has 0 spiro atoms. The highest BCUT2D eigenvalue weighted by molar-refractivity contribution is 5.83. The van der Waals surface area contributed by atoms with Crippen molar-refractivity contribution in [3.63, 3.8) is 0 Å². The smallest absolute Gasteiger partial charge is 0.415 e. The quantitative estimate of drug-likeness (QED) is 0.353. The lowest BCUT2D eigenvalue weighted by Gasteiger charge is -2.29. The van der Waals surface area contributed by atoms with Crippen LogP contribution in [0.2, 0.25) is 0 Å². The molecule has 1 aromatic heterocycles. The van der Waals surface area contributed by atoms with Gasteiger partial charge in [0.25, 0.3) is 0 Å². The molecule has 0 bridgehead atoms. The first-order valence-corrected chi connectivity index (χ1v) is 12.6. The van der Waals surface area contributed by atoms with Crippen LogP contribution in [-0.2, 0) is 0 Å². The second kappa shape index (κ2) is 11.5. The molecule has 0 fully saturated rings. The van der Waals surface area contributed by atoms with Crippen LogP contribution in [0.1, 0.15) is 55.4 Å². The summed E-state index contributed by atoms with van der Waals surface area (Å²) in [6.07, 6.45) is 0.490. The van der Waals surface area contributed by atoms with E-state index >= 15 is 0 Å². The molecule has 0 aliphatic heterocycles. The molecule has 3 aromatic rings. The van der Waals surface area contributed by atoms with Gasteiger partial charge in [0.1, 0.15) is 23.3 Å². The molecule has 8 nitrogen and oxygen atoms in total. The predicted octanol–water partition coefficient (Wildman–Crippen LogP) is 6.70. The average molecular weight is 509 g/mol. The standard InChI is InChI=1S/C29H36N2O6/c1-17(2)30(18(3)4)28(33)36-22-11-9-21(10-12-22)25-16-35-26-15-23(13-14-24(26)27(25)32)37-29(34)31(19(5)6)20(7)8/h9-20H,1-8H3. The lowest BCUT2D eigenvalue weighted by atomic mass is 10.1. The summed E-state index contributed by atoms with van der Waals surface area (Å²) in [5.41, 5.74) is 1.08. The molecule has 2 amide bonds. The largest absolute Gasteiger partial charge is 0.463 e. The first kappa shape index (κ1) is 27.8. The van der Waals surface area contributed by atoms with E-state index in [-0.39, 0.29) is 29.6 Å². The van der Waals surface area contributed by atoms with E-state index in [0.29, 0.717) is 33.6 Å². The van der Waals surface area contributed by atoms with Crippen molar-refractivity contribution < 1.29 is 23.5 Å². The third kappa shape index (κ3) is 6.31. The molecule has 0 N–H and O–H groups in total. The second-order valence-corrected chi connectivity index (χ2v) is 10.1. The number of fused-ring (bicyclic) bond motifs is 1. The number of hydrogen-bond donors (Lipinski definition) is 0. The summed E-state index contributed by atoms with van der Waals surface area (Å²) in [4.78, 5) is 41.6. The van der Waals surface area contributed by atoms with Gasteiger partial charge in [-0.3, -0.25) is 4.79 Å². The molecular formula is C29H36N2O6. The predicted molar refractivity (Wildman–Crippen MR) is 144 cm³/mol. The Morgan fingerprint density at radius 1 is 0.703 bits per heavy atom. The molecular weight excluding hydrogens is 472 g/mol. The number of rotatable bonds is 7. The van der Waals surface area contributed by atoms with Crippen molar-refractivity contribution in [2.24, 2.45) is 0 Å². The zero-order valence-corrected chi connectivity index (χ0v) is 22.8. The van der Waals surface area contributed by atoms with Gasteiger partial charge in [0, 0.05) is 30.2 Å². The average Bonchev–Trinajstić information content (AvgIpc) is 2.79.